The zero-order valence-electron chi connectivity index (χ0n) is 13.9. The molecule has 2 rings (SSSR count). The predicted molar refractivity (Wildman–Crippen MR) is 87.7 cm³/mol. The summed E-state index contributed by atoms with van der Waals surface area (Å²) in [6.45, 7) is 9.62. The minimum Gasteiger partial charge on any atom is -0.348 e. The van der Waals surface area contributed by atoms with E-state index in [0.29, 0.717) is 24.4 Å². The van der Waals surface area contributed by atoms with E-state index in [2.05, 4.69) is 18.4 Å². The van der Waals surface area contributed by atoms with Gasteiger partial charge in [0.05, 0.1) is 12.3 Å². The average Bonchev–Trinajstić information content (AvgIpc) is 2.88. The first kappa shape index (κ1) is 17.2. The number of carbonyl (C=O) groups is 1. The Morgan fingerprint density at radius 1 is 1.32 bits per heavy atom. The Labute approximate surface area is 133 Å². The largest absolute Gasteiger partial charge is 0.348 e. The second-order valence-corrected chi connectivity index (χ2v) is 8.63. The number of nitrogens with zero attached hydrogens (tertiary/aromatic N) is 2. The number of sulfonamides is 1. The van der Waals surface area contributed by atoms with E-state index >= 15 is 0 Å². The summed E-state index contributed by atoms with van der Waals surface area (Å²) < 4.78 is 27.1. The Morgan fingerprint density at radius 2 is 2.00 bits per heavy atom. The molecule has 1 aliphatic rings. The van der Waals surface area contributed by atoms with E-state index in [9.17, 15) is 13.2 Å². The lowest BCUT2D eigenvalue weighted by Crippen LogP contribution is -2.31. The molecule has 6 heteroatoms. The third kappa shape index (κ3) is 3.60. The summed E-state index contributed by atoms with van der Waals surface area (Å²) in [5.41, 5.74) is 2.66. The SMILES string of the molecule is Cc1cc(C(=O)CN2CCCS2(=O)=O)c(C)n1CCC(C)C. The molecule has 0 spiro atoms. The van der Waals surface area contributed by atoms with E-state index in [-0.39, 0.29) is 18.1 Å². The topological polar surface area (TPSA) is 59.4 Å². The summed E-state index contributed by atoms with van der Waals surface area (Å²) in [7, 11) is -3.22. The minimum absolute atomic E-state index is 0.0309. The van der Waals surface area contributed by atoms with Crippen LogP contribution in [0.15, 0.2) is 6.07 Å². The third-order valence-electron chi connectivity index (χ3n) is 4.33. The van der Waals surface area contributed by atoms with Crippen molar-refractivity contribution in [1.82, 2.24) is 8.87 Å². The molecule has 0 atom stereocenters. The van der Waals surface area contributed by atoms with Gasteiger partial charge in [-0.1, -0.05) is 13.8 Å². The molecular formula is C16H26N2O3S. The summed E-state index contributed by atoms with van der Waals surface area (Å²) in [5.74, 6) is 0.665. The Hall–Kier alpha value is -1.14. The maximum absolute atomic E-state index is 12.5. The lowest BCUT2D eigenvalue weighted by Gasteiger charge is -2.14. The molecule has 0 radical (unpaired) electrons. The fourth-order valence-electron chi connectivity index (χ4n) is 2.93. The number of ketones is 1. The molecule has 0 aliphatic carbocycles. The Kier molecular flexibility index (Phi) is 5.12. The molecule has 124 valence electrons. The minimum atomic E-state index is -3.22. The van der Waals surface area contributed by atoms with Crippen molar-refractivity contribution in [1.29, 1.82) is 0 Å². The van der Waals surface area contributed by atoms with Crippen LogP contribution in [0.2, 0.25) is 0 Å². The first-order chi connectivity index (χ1) is 10.2. The van der Waals surface area contributed by atoms with Crippen molar-refractivity contribution in [3.05, 3.63) is 23.0 Å². The summed E-state index contributed by atoms with van der Waals surface area (Å²) in [5, 5.41) is 0. The van der Waals surface area contributed by atoms with Gasteiger partial charge in [0.1, 0.15) is 0 Å². The van der Waals surface area contributed by atoms with Crippen LogP contribution in [0.4, 0.5) is 0 Å². The molecule has 0 N–H and O–H groups in total. The number of rotatable bonds is 6. The zero-order chi connectivity index (χ0) is 16.5. The maximum atomic E-state index is 12.5. The second kappa shape index (κ2) is 6.54. The molecular weight excluding hydrogens is 300 g/mol. The van der Waals surface area contributed by atoms with Gasteiger partial charge in [0.25, 0.3) is 0 Å². The molecule has 1 aromatic rings. The average molecular weight is 326 g/mol. The highest BCUT2D eigenvalue weighted by Gasteiger charge is 2.30. The van der Waals surface area contributed by atoms with E-state index in [1.54, 1.807) is 0 Å². The van der Waals surface area contributed by atoms with E-state index in [1.165, 1.54) is 4.31 Å². The van der Waals surface area contributed by atoms with Gasteiger partial charge >= 0.3 is 0 Å². The lowest BCUT2D eigenvalue weighted by molar-refractivity contribution is 0.0968. The Balaban J connectivity index is 2.15. The third-order valence-corrected chi connectivity index (χ3v) is 6.23. The van der Waals surface area contributed by atoms with Crippen molar-refractivity contribution in [2.45, 2.75) is 47.1 Å². The van der Waals surface area contributed by atoms with Gasteiger partial charge in [0, 0.05) is 30.0 Å². The fraction of sp³-hybridized carbons (Fsp3) is 0.688. The van der Waals surface area contributed by atoms with Crippen LogP contribution in [0, 0.1) is 19.8 Å². The number of hydrogen-bond donors (Lipinski definition) is 0. The van der Waals surface area contributed by atoms with Crippen LogP contribution < -0.4 is 0 Å². The second-order valence-electron chi connectivity index (χ2n) is 6.55. The molecule has 0 amide bonds. The molecule has 0 bridgehead atoms. The Bertz CT molecular complexity index is 659. The van der Waals surface area contributed by atoms with Crippen LogP contribution in [-0.4, -0.2) is 41.9 Å². The van der Waals surface area contributed by atoms with Crippen molar-refractivity contribution in [2.75, 3.05) is 18.8 Å². The van der Waals surface area contributed by atoms with Crippen molar-refractivity contribution >= 4 is 15.8 Å². The van der Waals surface area contributed by atoms with Gasteiger partial charge in [-0.05, 0) is 38.7 Å². The molecule has 22 heavy (non-hydrogen) atoms. The smallest absolute Gasteiger partial charge is 0.214 e. The van der Waals surface area contributed by atoms with E-state index in [1.807, 2.05) is 19.9 Å². The molecule has 0 saturated carbocycles. The number of hydrogen-bond acceptors (Lipinski definition) is 3. The first-order valence-corrected chi connectivity index (χ1v) is 9.51. The molecule has 0 aromatic carbocycles. The lowest BCUT2D eigenvalue weighted by atomic mass is 10.1. The molecule has 1 fully saturated rings. The van der Waals surface area contributed by atoms with E-state index in [4.69, 9.17) is 0 Å². The van der Waals surface area contributed by atoms with E-state index in [0.717, 1.165) is 24.4 Å². The number of aryl methyl sites for hydroxylation is 1. The summed E-state index contributed by atoms with van der Waals surface area (Å²) in [4.78, 5) is 12.5. The van der Waals surface area contributed by atoms with Gasteiger partial charge in [-0.2, -0.15) is 4.31 Å². The van der Waals surface area contributed by atoms with Gasteiger partial charge in [-0.15, -0.1) is 0 Å². The van der Waals surface area contributed by atoms with E-state index < -0.39 is 10.0 Å². The number of Topliss-reactive ketones (excluding diaryl/α,β-unsaturated/α-hetero) is 1. The van der Waals surface area contributed by atoms with Crippen LogP contribution in [-0.2, 0) is 16.6 Å². The van der Waals surface area contributed by atoms with Crippen molar-refractivity contribution in [2.24, 2.45) is 5.92 Å². The summed E-state index contributed by atoms with van der Waals surface area (Å²) in [6, 6.07) is 1.89. The van der Waals surface area contributed by atoms with Gasteiger partial charge in [0.15, 0.2) is 5.78 Å². The highest BCUT2D eigenvalue weighted by Crippen LogP contribution is 2.20. The van der Waals surface area contributed by atoms with Gasteiger partial charge in [-0.3, -0.25) is 4.79 Å². The van der Waals surface area contributed by atoms with Gasteiger partial charge < -0.3 is 4.57 Å². The molecule has 5 nitrogen and oxygen atoms in total. The van der Waals surface area contributed by atoms with Crippen molar-refractivity contribution in [3.8, 4) is 0 Å². The molecule has 1 aliphatic heterocycles. The van der Waals surface area contributed by atoms with Crippen LogP contribution >= 0.6 is 0 Å². The predicted octanol–water partition coefficient (Wildman–Crippen LogP) is 2.37. The highest BCUT2D eigenvalue weighted by atomic mass is 32.2. The molecule has 2 heterocycles. The highest BCUT2D eigenvalue weighted by molar-refractivity contribution is 7.89. The maximum Gasteiger partial charge on any atom is 0.214 e. The zero-order valence-corrected chi connectivity index (χ0v) is 14.7. The van der Waals surface area contributed by atoms with Crippen LogP contribution in [0.5, 0.6) is 0 Å². The first-order valence-electron chi connectivity index (χ1n) is 7.90. The molecule has 1 saturated heterocycles. The Morgan fingerprint density at radius 3 is 2.55 bits per heavy atom. The summed E-state index contributed by atoms with van der Waals surface area (Å²) >= 11 is 0. The fourth-order valence-corrected chi connectivity index (χ4v) is 4.40. The van der Waals surface area contributed by atoms with Gasteiger partial charge in [-0.25, -0.2) is 8.42 Å². The number of carbonyl (C=O) groups excluding carboxylic acids is 1. The molecule has 0 unspecified atom stereocenters. The van der Waals surface area contributed by atoms with Gasteiger partial charge in [0.2, 0.25) is 10.0 Å². The quantitative estimate of drug-likeness (QED) is 0.754. The van der Waals surface area contributed by atoms with Crippen LogP contribution in [0.25, 0.3) is 0 Å². The van der Waals surface area contributed by atoms with Crippen LogP contribution in [0.1, 0.15) is 48.4 Å². The number of aromatic nitrogens is 1. The normalized spacial score (nSPS) is 18.2. The molecule has 1 aromatic heterocycles. The summed E-state index contributed by atoms with van der Waals surface area (Å²) in [6.07, 6.45) is 1.67. The van der Waals surface area contributed by atoms with Crippen molar-refractivity contribution in [3.63, 3.8) is 0 Å². The van der Waals surface area contributed by atoms with Crippen molar-refractivity contribution < 1.29 is 13.2 Å². The standard InChI is InChI=1S/C16H26N2O3S/c1-12(2)6-8-18-13(3)10-15(14(18)4)16(19)11-17-7-5-9-22(17,20)21/h10,12H,5-9,11H2,1-4H3. The monoisotopic (exact) mass is 326 g/mol. The van der Waals surface area contributed by atoms with Crippen LogP contribution in [0.3, 0.4) is 0 Å².